The second-order valence-electron chi connectivity index (χ2n) is 5.29. The summed E-state index contributed by atoms with van der Waals surface area (Å²) in [7, 11) is 0. The summed E-state index contributed by atoms with van der Waals surface area (Å²) in [6.45, 7) is 2.53. The fourth-order valence-corrected chi connectivity index (χ4v) is 3.71. The summed E-state index contributed by atoms with van der Waals surface area (Å²) < 4.78 is 0. The van der Waals surface area contributed by atoms with Crippen LogP contribution in [0.25, 0.3) is 10.2 Å². The van der Waals surface area contributed by atoms with Gasteiger partial charge in [0.05, 0.1) is 10.3 Å². The first kappa shape index (κ1) is 14.2. The average Bonchev–Trinajstić information content (AvgIpc) is 2.92. The smallest absolute Gasteiger partial charge is 0.326 e. The van der Waals surface area contributed by atoms with E-state index in [0.29, 0.717) is 17.3 Å². The Morgan fingerprint density at radius 1 is 1.52 bits per heavy atom. The average molecular weight is 307 g/mol. The number of nitrogens with two attached hydrogens (primary N) is 1. The monoisotopic (exact) mass is 307 g/mol. The number of thiophene rings is 1. The van der Waals surface area contributed by atoms with Crippen molar-refractivity contribution < 1.29 is 4.92 Å². The number of piperidine rings is 1. The van der Waals surface area contributed by atoms with E-state index in [2.05, 4.69) is 14.9 Å². The fraction of sp³-hybridized carbons (Fsp3) is 0.538. The first-order valence-corrected chi connectivity index (χ1v) is 7.84. The highest BCUT2D eigenvalue weighted by Gasteiger charge is 2.24. The van der Waals surface area contributed by atoms with Crippen molar-refractivity contribution in [1.82, 2.24) is 9.97 Å². The Morgan fingerprint density at radius 2 is 2.38 bits per heavy atom. The molecule has 112 valence electrons. The third-order valence-corrected chi connectivity index (χ3v) is 4.86. The van der Waals surface area contributed by atoms with E-state index in [0.717, 1.165) is 48.5 Å². The lowest BCUT2D eigenvalue weighted by molar-refractivity contribution is -0.380. The minimum absolute atomic E-state index is 0.113. The molecule has 0 bridgehead atoms. The maximum atomic E-state index is 10.9. The summed E-state index contributed by atoms with van der Waals surface area (Å²) >= 11 is 1.10. The van der Waals surface area contributed by atoms with Crippen molar-refractivity contribution in [3.05, 3.63) is 22.5 Å². The van der Waals surface area contributed by atoms with E-state index < -0.39 is 0 Å². The van der Waals surface area contributed by atoms with Gasteiger partial charge in [0.2, 0.25) is 0 Å². The molecule has 3 rings (SSSR count). The molecule has 1 aliphatic heterocycles. The molecule has 3 heterocycles. The SMILES string of the molecule is NCCC1CCCN(c2ncnc3sc([N+](=O)[O-])cc23)C1. The van der Waals surface area contributed by atoms with Crippen LogP contribution >= 0.6 is 11.3 Å². The summed E-state index contributed by atoms with van der Waals surface area (Å²) in [5.74, 6) is 1.38. The predicted octanol–water partition coefficient (Wildman–Crippen LogP) is 2.16. The Bertz CT molecular complexity index is 657. The minimum Gasteiger partial charge on any atom is -0.356 e. The lowest BCUT2D eigenvalue weighted by atomic mass is 9.95. The van der Waals surface area contributed by atoms with Gasteiger partial charge >= 0.3 is 5.00 Å². The molecular formula is C13H17N5O2S. The van der Waals surface area contributed by atoms with E-state index in [1.165, 1.54) is 12.7 Å². The third kappa shape index (κ3) is 2.81. The van der Waals surface area contributed by atoms with E-state index >= 15 is 0 Å². The van der Waals surface area contributed by atoms with Gasteiger partial charge in [-0.3, -0.25) is 10.1 Å². The normalized spacial score (nSPS) is 19.1. The third-order valence-electron chi connectivity index (χ3n) is 3.87. The van der Waals surface area contributed by atoms with Crippen molar-refractivity contribution in [2.75, 3.05) is 24.5 Å². The first-order chi connectivity index (χ1) is 10.2. The van der Waals surface area contributed by atoms with Crippen LogP contribution in [-0.4, -0.2) is 34.5 Å². The van der Waals surface area contributed by atoms with Gasteiger partial charge in [0.1, 0.15) is 17.0 Å². The molecule has 8 heteroatoms. The highest BCUT2D eigenvalue weighted by molar-refractivity contribution is 7.21. The molecule has 7 nitrogen and oxygen atoms in total. The number of nitro groups is 1. The molecular weight excluding hydrogens is 290 g/mol. The molecule has 1 saturated heterocycles. The van der Waals surface area contributed by atoms with E-state index in [9.17, 15) is 10.1 Å². The molecule has 21 heavy (non-hydrogen) atoms. The fourth-order valence-electron chi connectivity index (χ4n) is 2.90. The Balaban J connectivity index is 1.94. The van der Waals surface area contributed by atoms with E-state index in [-0.39, 0.29) is 9.92 Å². The Morgan fingerprint density at radius 3 is 3.14 bits per heavy atom. The van der Waals surface area contributed by atoms with Crippen LogP contribution < -0.4 is 10.6 Å². The van der Waals surface area contributed by atoms with E-state index in [1.807, 2.05) is 0 Å². The van der Waals surface area contributed by atoms with Gasteiger partial charge in [-0.15, -0.1) is 0 Å². The number of fused-ring (bicyclic) bond motifs is 1. The summed E-state index contributed by atoms with van der Waals surface area (Å²) in [5, 5.41) is 11.8. The van der Waals surface area contributed by atoms with Gasteiger partial charge in [-0.05, 0) is 43.1 Å². The molecule has 2 aromatic rings. The van der Waals surface area contributed by atoms with Crippen molar-refractivity contribution in [3.63, 3.8) is 0 Å². The highest BCUT2D eigenvalue weighted by Crippen LogP contribution is 2.35. The zero-order valence-electron chi connectivity index (χ0n) is 11.6. The number of aromatic nitrogens is 2. The van der Waals surface area contributed by atoms with Crippen molar-refractivity contribution in [1.29, 1.82) is 0 Å². The summed E-state index contributed by atoms with van der Waals surface area (Å²) in [4.78, 5) is 22.0. The molecule has 1 atom stereocenters. The lowest BCUT2D eigenvalue weighted by Crippen LogP contribution is -2.36. The maximum Gasteiger partial charge on any atom is 0.326 e. The van der Waals surface area contributed by atoms with Crippen LogP contribution in [-0.2, 0) is 0 Å². The molecule has 0 radical (unpaired) electrons. The van der Waals surface area contributed by atoms with Gasteiger partial charge < -0.3 is 10.6 Å². The van der Waals surface area contributed by atoms with E-state index in [4.69, 9.17) is 5.73 Å². The topological polar surface area (TPSA) is 98.2 Å². The van der Waals surface area contributed by atoms with Gasteiger partial charge in [-0.25, -0.2) is 9.97 Å². The molecule has 0 spiro atoms. The van der Waals surface area contributed by atoms with Gasteiger partial charge in [-0.2, -0.15) is 0 Å². The quantitative estimate of drug-likeness (QED) is 0.686. The molecule has 1 aliphatic rings. The first-order valence-electron chi connectivity index (χ1n) is 7.03. The van der Waals surface area contributed by atoms with Crippen molar-refractivity contribution in [3.8, 4) is 0 Å². The van der Waals surface area contributed by atoms with Gasteiger partial charge in [0, 0.05) is 19.2 Å². The molecule has 0 amide bonds. The molecule has 0 aliphatic carbocycles. The van der Waals surface area contributed by atoms with Crippen molar-refractivity contribution in [2.45, 2.75) is 19.3 Å². The van der Waals surface area contributed by atoms with Gasteiger partial charge in [0.25, 0.3) is 0 Å². The minimum atomic E-state index is -0.371. The number of nitrogens with zero attached hydrogens (tertiary/aromatic N) is 4. The standard InChI is InChI=1S/C13H17N5O2S/c14-4-3-9-2-1-5-17(7-9)12-10-6-11(18(19)20)21-13(10)16-8-15-12/h6,8-9H,1-5,7,14H2. The summed E-state index contributed by atoms with van der Waals surface area (Å²) in [6, 6.07) is 1.59. The van der Waals surface area contributed by atoms with Crippen LogP contribution in [0, 0.1) is 16.0 Å². The lowest BCUT2D eigenvalue weighted by Gasteiger charge is -2.33. The van der Waals surface area contributed by atoms with Crippen LogP contribution in [0.2, 0.25) is 0 Å². The van der Waals surface area contributed by atoms with Crippen LogP contribution in [0.5, 0.6) is 0 Å². The maximum absolute atomic E-state index is 10.9. The Labute approximate surface area is 125 Å². The molecule has 2 aromatic heterocycles. The zero-order chi connectivity index (χ0) is 14.8. The molecule has 0 aromatic carbocycles. The number of anilines is 1. The van der Waals surface area contributed by atoms with E-state index in [1.54, 1.807) is 6.07 Å². The van der Waals surface area contributed by atoms with Gasteiger partial charge in [0.15, 0.2) is 0 Å². The van der Waals surface area contributed by atoms with Crippen LogP contribution in [0.3, 0.4) is 0 Å². The Kier molecular flexibility index (Phi) is 3.98. The number of rotatable bonds is 4. The Hall–Kier alpha value is -1.80. The second-order valence-corrected chi connectivity index (χ2v) is 6.30. The largest absolute Gasteiger partial charge is 0.356 e. The molecule has 1 fully saturated rings. The summed E-state index contributed by atoms with van der Waals surface area (Å²) in [6.07, 6.45) is 4.78. The number of hydrogen-bond donors (Lipinski definition) is 1. The van der Waals surface area contributed by atoms with Crippen LogP contribution in [0.4, 0.5) is 10.8 Å². The van der Waals surface area contributed by atoms with Crippen molar-refractivity contribution >= 4 is 32.4 Å². The van der Waals surface area contributed by atoms with Crippen molar-refractivity contribution in [2.24, 2.45) is 11.7 Å². The second kappa shape index (κ2) is 5.90. The number of hydrogen-bond acceptors (Lipinski definition) is 7. The van der Waals surface area contributed by atoms with Crippen LogP contribution in [0.15, 0.2) is 12.4 Å². The molecule has 1 unspecified atom stereocenters. The zero-order valence-corrected chi connectivity index (χ0v) is 12.4. The summed E-state index contributed by atoms with van der Waals surface area (Å²) in [5.41, 5.74) is 5.65. The highest BCUT2D eigenvalue weighted by atomic mass is 32.1. The molecule has 2 N–H and O–H groups in total. The molecule has 0 saturated carbocycles. The van der Waals surface area contributed by atoms with Gasteiger partial charge in [-0.1, -0.05) is 0 Å². The van der Waals surface area contributed by atoms with Crippen LogP contribution in [0.1, 0.15) is 19.3 Å². The predicted molar refractivity (Wildman–Crippen MR) is 82.7 cm³/mol.